The van der Waals surface area contributed by atoms with Crippen LogP contribution in [0, 0.1) is 5.92 Å². The minimum Gasteiger partial charge on any atom is -0.354 e. The number of hydrogen-bond acceptors (Lipinski definition) is 5. The van der Waals surface area contributed by atoms with Gasteiger partial charge in [0, 0.05) is 31.7 Å². The topological polar surface area (TPSA) is 70.2 Å². The highest BCUT2D eigenvalue weighted by Gasteiger charge is 2.26. The molecule has 0 aromatic carbocycles. The second-order valence-corrected chi connectivity index (χ2v) is 6.27. The Morgan fingerprint density at radius 1 is 1.45 bits per heavy atom. The summed E-state index contributed by atoms with van der Waals surface area (Å²) in [5.74, 6) is 1.77. The standard InChI is InChI=1S/C16H25N5O/c22-16(6-5-13-7-9-17-11-13)18-12-14-3-2-10-21(14)15-4-1-8-19-20-15/h1,4,8,13-14,17H,2-3,5-7,9-12H2,(H,18,22). The Morgan fingerprint density at radius 3 is 3.18 bits per heavy atom. The van der Waals surface area contributed by atoms with E-state index >= 15 is 0 Å². The molecule has 22 heavy (non-hydrogen) atoms. The van der Waals surface area contributed by atoms with E-state index in [0.29, 0.717) is 24.9 Å². The van der Waals surface area contributed by atoms with Gasteiger partial charge in [-0.05, 0) is 56.8 Å². The van der Waals surface area contributed by atoms with Crippen molar-refractivity contribution in [3.8, 4) is 0 Å². The van der Waals surface area contributed by atoms with Gasteiger partial charge in [0.15, 0.2) is 5.82 Å². The summed E-state index contributed by atoms with van der Waals surface area (Å²) in [7, 11) is 0. The van der Waals surface area contributed by atoms with Crippen molar-refractivity contribution in [2.45, 2.75) is 38.1 Å². The van der Waals surface area contributed by atoms with Crippen molar-refractivity contribution in [2.75, 3.05) is 31.1 Å². The van der Waals surface area contributed by atoms with Gasteiger partial charge in [-0.3, -0.25) is 4.79 Å². The predicted octanol–water partition coefficient (Wildman–Crippen LogP) is 0.951. The van der Waals surface area contributed by atoms with Gasteiger partial charge in [0.25, 0.3) is 0 Å². The van der Waals surface area contributed by atoms with Gasteiger partial charge in [0.2, 0.25) is 5.91 Å². The van der Waals surface area contributed by atoms with E-state index in [1.165, 1.54) is 6.42 Å². The molecule has 3 heterocycles. The average Bonchev–Trinajstić information content (AvgIpc) is 3.23. The number of hydrogen-bond donors (Lipinski definition) is 2. The van der Waals surface area contributed by atoms with Crippen LogP contribution < -0.4 is 15.5 Å². The highest BCUT2D eigenvalue weighted by Crippen LogP contribution is 2.22. The lowest BCUT2D eigenvalue weighted by Gasteiger charge is -2.25. The molecule has 1 aromatic rings. The quantitative estimate of drug-likeness (QED) is 0.819. The minimum atomic E-state index is 0.179. The van der Waals surface area contributed by atoms with Gasteiger partial charge < -0.3 is 15.5 Å². The molecule has 0 spiro atoms. The molecule has 6 nitrogen and oxygen atoms in total. The lowest BCUT2D eigenvalue weighted by Crippen LogP contribution is -2.40. The normalized spacial score (nSPS) is 24.6. The lowest BCUT2D eigenvalue weighted by atomic mass is 10.0. The molecule has 120 valence electrons. The highest BCUT2D eigenvalue weighted by atomic mass is 16.1. The summed E-state index contributed by atoms with van der Waals surface area (Å²) >= 11 is 0. The van der Waals surface area contributed by atoms with E-state index < -0.39 is 0 Å². The van der Waals surface area contributed by atoms with Crippen LogP contribution in [-0.4, -0.2) is 48.3 Å². The van der Waals surface area contributed by atoms with Crippen LogP contribution in [0.4, 0.5) is 5.82 Å². The summed E-state index contributed by atoms with van der Waals surface area (Å²) < 4.78 is 0. The van der Waals surface area contributed by atoms with Gasteiger partial charge in [-0.25, -0.2) is 0 Å². The number of carbonyl (C=O) groups is 1. The molecule has 0 saturated carbocycles. The maximum absolute atomic E-state index is 12.0. The molecule has 0 radical (unpaired) electrons. The first-order valence-electron chi connectivity index (χ1n) is 8.34. The summed E-state index contributed by atoms with van der Waals surface area (Å²) in [4.78, 5) is 14.3. The largest absolute Gasteiger partial charge is 0.354 e. The van der Waals surface area contributed by atoms with E-state index in [0.717, 1.165) is 44.7 Å². The summed E-state index contributed by atoms with van der Waals surface area (Å²) in [6.07, 6.45) is 6.78. The van der Waals surface area contributed by atoms with E-state index in [4.69, 9.17) is 0 Å². The summed E-state index contributed by atoms with van der Waals surface area (Å²) in [5, 5.41) is 14.6. The SMILES string of the molecule is O=C(CCC1CCNC1)NCC1CCCN1c1cccnn1. The van der Waals surface area contributed by atoms with Crippen molar-refractivity contribution < 1.29 is 4.79 Å². The zero-order chi connectivity index (χ0) is 15.2. The van der Waals surface area contributed by atoms with E-state index in [1.807, 2.05) is 12.1 Å². The average molecular weight is 303 g/mol. The number of rotatable bonds is 6. The molecular weight excluding hydrogens is 278 g/mol. The van der Waals surface area contributed by atoms with E-state index in [-0.39, 0.29) is 5.91 Å². The predicted molar refractivity (Wildman–Crippen MR) is 85.6 cm³/mol. The molecule has 2 fully saturated rings. The van der Waals surface area contributed by atoms with Crippen LogP contribution >= 0.6 is 0 Å². The second-order valence-electron chi connectivity index (χ2n) is 6.27. The number of carbonyl (C=O) groups excluding carboxylic acids is 1. The van der Waals surface area contributed by atoms with Crippen molar-refractivity contribution in [1.82, 2.24) is 20.8 Å². The molecule has 6 heteroatoms. The van der Waals surface area contributed by atoms with Crippen LogP contribution in [0.5, 0.6) is 0 Å². The van der Waals surface area contributed by atoms with Gasteiger partial charge in [0.1, 0.15) is 0 Å². The fraction of sp³-hybridized carbons (Fsp3) is 0.688. The Morgan fingerprint density at radius 2 is 2.41 bits per heavy atom. The number of aromatic nitrogens is 2. The van der Waals surface area contributed by atoms with Crippen LogP contribution in [0.25, 0.3) is 0 Å². The van der Waals surface area contributed by atoms with Crippen molar-refractivity contribution >= 4 is 11.7 Å². The fourth-order valence-electron chi connectivity index (χ4n) is 3.41. The van der Waals surface area contributed by atoms with E-state index in [1.54, 1.807) is 6.20 Å². The third-order valence-corrected chi connectivity index (χ3v) is 4.71. The highest BCUT2D eigenvalue weighted by molar-refractivity contribution is 5.75. The van der Waals surface area contributed by atoms with Crippen LogP contribution in [-0.2, 0) is 4.79 Å². The van der Waals surface area contributed by atoms with E-state index in [9.17, 15) is 4.79 Å². The third-order valence-electron chi connectivity index (χ3n) is 4.71. The fourth-order valence-corrected chi connectivity index (χ4v) is 3.41. The third kappa shape index (κ3) is 3.94. The number of nitrogens with one attached hydrogen (secondary N) is 2. The molecular formula is C16H25N5O. The number of anilines is 1. The lowest BCUT2D eigenvalue weighted by molar-refractivity contribution is -0.121. The molecule has 0 aliphatic carbocycles. The molecule has 2 saturated heterocycles. The first kappa shape index (κ1) is 15.2. The molecule has 2 aliphatic rings. The van der Waals surface area contributed by atoms with Crippen LogP contribution in [0.15, 0.2) is 18.3 Å². The first-order valence-corrected chi connectivity index (χ1v) is 8.34. The Labute approximate surface area is 131 Å². The molecule has 1 aromatic heterocycles. The first-order chi connectivity index (χ1) is 10.8. The summed E-state index contributed by atoms with van der Waals surface area (Å²) in [5.41, 5.74) is 0. The van der Waals surface area contributed by atoms with Crippen molar-refractivity contribution in [1.29, 1.82) is 0 Å². The van der Waals surface area contributed by atoms with Crippen LogP contribution in [0.3, 0.4) is 0 Å². The van der Waals surface area contributed by atoms with E-state index in [2.05, 4.69) is 25.7 Å². The molecule has 0 bridgehead atoms. The molecule has 2 aliphatic heterocycles. The molecule has 3 rings (SSSR count). The smallest absolute Gasteiger partial charge is 0.220 e. The van der Waals surface area contributed by atoms with Crippen LogP contribution in [0.1, 0.15) is 32.1 Å². The maximum atomic E-state index is 12.0. The molecule has 2 atom stereocenters. The zero-order valence-electron chi connectivity index (χ0n) is 13.0. The Balaban J connectivity index is 1.43. The maximum Gasteiger partial charge on any atom is 0.220 e. The number of amides is 1. The molecule has 2 unspecified atom stereocenters. The zero-order valence-corrected chi connectivity index (χ0v) is 13.0. The Bertz CT molecular complexity index is 475. The van der Waals surface area contributed by atoms with Crippen molar-refractivity contribution in [3.63, 3.8) is 0 Å². The van der Waals surface area contributed by atoms with Gasteiger partial charge in [-0.2, -0.15) is 5.10 Å². The Kier molecular flexibility index (Phi) is 5.21. The monoisotopic (exact) mass is 303 g/mol. The van der Waals surface area contributed by atoms with Crippen molar-refractivity contribution in [3.05, 3.63) is 18.3 Å². The summed E-state index contributed by atoms with van der Waals surface area (Å²) in [6.45, 7) is 3.86. The molecule has 1 amide bonds. The van der Waals surface area contributed by atoms with Gasteiger partial charge in [0.05, 0.1) is 0 Å². The van der Waals surface area contributed by atoms with Gasteiger partial charge >= 0.3 is 0 Å². The number of nitrogens with zero attached hydrogens (tertiary/aromatic N) is 3. The summed E-state index contributed by atoms with van der Waals surface area (Å²) in [6, 6.07) is 4.24. The Hall–Kier alpha value is -1.69. The van der Waals surface area contributed by atoms with Crippen LogP contribution in [0.2, 0.25) is 0 Å². The minimum absolute atomic E-state index is 0.179. The van der Waals surface area contributed by atoms with Gasteiger partial charge in [-0.1, -0.05) is 0 Å². The second kappa shape index (κ2) is 7.54. The van der Waals surface area contributed by atoms with Crippen molar-refractivity contribution in [2.24, 2.45) is 5.92 Å². The molecule has 2 N–H and O–H groups in total. The van der Waals surface area contributed by atoms with Gasteiger partial charge in [-0.15, -0.1) is 5.10 Å².